The molecule has 0 bridgehead atoms. The van der Waals surface area contributed by atoms with E-state index in [0.717, 1.165) is 16.1 Å². The highest BCUT2D eigenvalue weighted by Crippen LogP contribution is 2.15. The van der Waals surface area contributed by atoms with E-state index in [4.69, 9.17) is 10.2 Å². The van der Waals surface area contributed by atoms with Gasteiger partial charge in [-0.25, -0.2) is 0 Å². The van der Waals surface area contributed by atoms with Crippen molar-refractivity contribution in [3.8, 4) is 0 Å². The summed E-state index contributed by atoms with van der Waals surface area (Å²) in [4.78, 5) is 17.3. The molecule has 0 radical (unpaired) electrons. The van der Waals surface area contributed by atoms with Gasteiger partial charge in [0.25, 0.3) is 5.91 Å². The lowest BCUT2D eigenvalue weighted by Crippen LogP contribution is -2.38. The molecule has 0 atom stereocenters. The minimum atomic E-state index is -0.577. The molecule has 0 aliphatic heterocycles. The molecule has 3 N–H and O–H groups in total. The highest BCUT2D eigenvalue weighted by atomic mass is 127. The lowest BCUT2D eigenvalue weighted by molar-refractivity contribution is 0.0972. The summed E-state index contributed by atoms with van der Waals surface area (Å²) in [5.74, 6) is 0.917. The molecule has 1 amide bonds. The minimum absolute atomic E-state index is 0. The number of hydrogen-bond donors (Lipinski definition) is 2. The second-order valence-electron chi connectivity index (χ2n) is 5.15. The van der Waals surface area contributed by atoms with Gasteiger partial charge < -0.3 is 24.9 Å². The van der Waals surface area contributed by atoms with Crippen LogP contribution in [0.4, 0.5) is 0 Å². The molecule has 0 aliphatic rings. The first-order valence-corrected chi connectivity index (χ1v) is 7.81. The molecule has 9 heteroatoms. The van der Waals surface area contributed by atoms with E-state index in [1.54, 1.807) is 19.2 Å². The topological polar surface area (TPSA) is 88.8 Å². The summed E-state index contributed by atoms with van der Waals surface area (Å²) in [6, 6.07) is 5.34. The fraction of sp³-hybridized carbons (Fsp3) is 0.333. The van der Waals surface area contributed by atoms with Gasteiger partial charge in [0.05, 0.1) is 13.1 Å². The van der Waals surface area contributed by atoms with E-state index in [9.17, 15) is 4.79 Å². The van der Waals surface area contributed by atoms with Crippen LogP contribution in [-0.4, -0.2) is 35.4 Å². The zero-order valence-electron chi connectivity index (χ0n) is 13.7. The van der Waals surface area contributed by atoms with E-state index in [2.05, 4.69) is 36.9 Å². The largest absolute Gasteiger partial charge is 0.454 e. The van der Waals surface area contributed by atoms with Crippen molar-refractivity contribution in [1.82, 2.24) is 14.8 Å². The summed E-state index contributed by atoms with van der Waals surface area (Å²) in [7, 11) is 5.67. The van der Waals surface area contributed by atoms with Gasteiger partial charge in [0, 0.05) is 37.5 Å². The quantitative estimate of drug-likeness (QED) is 0.368. The summed E-state index contributed by atoms with van der Waals surface area (Å²) in [5, 5.41) is 3.19. The van der Waals surface area contributed by atoms with E-state index < -0.39 is 5.91 Å². The van der Waals surface area contributed by atoms with E-state index in [-0.39, 0.29) is 29.7 Å². The number of aromatic nitrogens is 1. The van der Waals surface area contributed by atoms with Gasteiger partial charge >= 0.3 is 0 Å². The Morgan fingerprint density at radius 1 is 1.50 bits per heavy atom. The molecule has 7 nitrogen and oxygen atoms in total. The molecule has 2 heterocycles. The number of aryl methyl sites for hydroxylation is 1. The molecular formula is C15H21BrIN5O2. The SMILES string of the molecule is CN=C(NCc1ccc(C(N)=O)o1)N(C)Cc1cc(Br)cn1C.I. The number of nitrogens with zero attached hydrogens (tertiary/aromatic N) is 3. The molecule has 24 heavy (non-hydrogen) atoms. The van der Waals surface area contributed by atoms with Crippen LogP contribution < -0.4 is 11.1 Å². The van der Waals surface area contributed by atoms with Crippen LogP contribution in [0.1, 0.15) is 22.0 Å². The Labute approximate surface area is 166 Å². The second-order valence-corrected chi connectivity index (χ2v) is 6.06. The number of hydrogen-bond acceptors (Lipinski definition) is 3. The summed E-state index contributed by atoms with van der Waals surface area (Å²) in [6.45, 7) is 1.12. The number of furan rings is 1. The highest BCUT2D eigenvalue weighted by Gasteiger charge is 2.11. The lowest BCUT2D eigenvalue weighted by atomic mass is 10.4. The molecule has 0 fully saturated rings. The maximum absolute atomic E-state index is 11.0. The molecule has 0 saturated heterocycles. The van der Waals surface area contributed by atoms with Gasteiger partial charge in [0.1, 0.15) is 5.76 Å². The molecule has 2 aromatic rings. The molecule has 2 aromatic heterocycles. The number of halogens is 2. The summed E-state index contributed by atoms with van der Waals surface area (Å²) < 4.78 is 8.44. The third kappa shape index (κ3) is 5.26. The normalized spacial score (nSPS) is 11.1. The van der Waals surface area contributed by atoms with Crippen molar-refractivity contribution in [2.45, 2.75) is 13.1 Å². The molecule has 132 valence electrons. The van der Waals surface area contributed by atoms with Crippen molar-refractivity contribution in [2.24, 2.45) is 17.8 Å². The molecule has 0 spiro atoms. The number of amides is 1. The van der Waals surface area contributed by atoms with Crippen LogP contribution >= 0.6 is 39.9 Å². The molecule has 0 unspecified atom stereocenters. The Kier molecular flexibility index (Phi) is 7.80. The number of aliphatic imine (C=N–C) groups is 1. The number of carbonyl (C=O) groups excluding carboxylic acids is 1. The van der Waals surface area contributed by atoms with Crippen molar-refractivity contribution >= 4 is 51.8 Å². The van der Waals surface area contributed by atoms with Crippen LogP contribution in [-0.2, 0) is 20.1 Å². The third-order valence-electron chi connectivity index (χ3n) is 3.37. The molecule has 0 aromatic carbocycles. The Morgan fingerprint density at radius 2 is 2.21 bits per heavy atom. The number of rotatable bonds is 5. The number of primary amides is 1. The van der Waals surface area contributed by atoms with E-state index in [0.29, 0.717) is 18.8 Å². The fourth-order valence-electron chi connectivity index (χ4n) is 2.20. The van der Waals surface area contributed by atoms with Crippen molar-refractivity contribution in [1.29, 1.82) is 0 Å². The van der Waals surface area contributed by atoms with Crippen molar-refractivity contribution < 1.29 is 9.21 Å². The van der Waals surface area contributed by atoms with Crippen LogP contribution in [0.15, 0.2) is 38.3 Å². The predicted octanol–water partition coefficient (Wildman–Crippen LogP) is 2.30. The third-order valence-corrected chi connectivity index (χ3v) is 3.81. The van der Waals surface area contributed by atoms with Gasteiger partial charge in [0.15, 0.2) is 11.7 Å². The maximum Gasteiger partial charge on any atom is 0.284 e. The van der Waals surface area contributed by atoms with Gasteiger partial charge in [-0.05, 0) is 34.1 Å². The van der Waals surface area contributed by atoms with Gasteiger partial charge in [-0.3, -0.25) is 9.79 Å². The van der Waals surface area contributed by atoms with Crippen LogP contribution in [0.3, 0.4) is 0 Å². The summed E-state index contributed by atoms with van der Waals surface area (Å²) in [5.41, 5.74) is 6.32. The molecule has 0 saturated carbocycles. The summed E-state index contributed by atoms with van der Waals surface area (Å²) >= 11 is 3.47. The summed E-state index contributed by atoms with van der Waals surface area (Å²) in [6.07, 6.45) is 2.01. The zero-order valence-corrected chi connectivity index (χ0v) is 17.7. The van der Waals surface area contributed by atoms with E-state index in [1.807, 2.05) is 25.2 Å². The monoisotopic (exact) mass is 509 g/mol. The Morgan fingerprint density at radius 3 is 2.71 bits per heavy atom. The number of guanidine groups is 1. The standard InChI is InChI=1S/C15H20BrN5O2.HI/c1-18-15(19-7-12-4-5-13(23-12)14(17)22)21(3)9-11-6-10(16)8-20(11)2;/h4-6,8H,7,9H2,1-3H3,(H2,17,22)(H,18,19);1H. The molecule has 2 rings (SSSR count). The van der Waals surface area contributed by atoms with E-state index in [1.165, 1.54) is 0 Å². The first kappa shape index (κ1) is 20.6. The first-order valence-electron chi connectivity index (χ1n) is 7.01. The smallest absolute Gasteiger partial charge is 0.284 e. The Hall–Kier alpha value is -1.49. The van der Waals surface area contributed by atoms with Gasteiger partial charge in [-0.1, -0.05) is 0 Å². The molecular weight excluding hydrogens is 489 g/mol. The first-order chi connectivity index (χ1) is 10.9. The number of nitrogens with one attached hydrogen (secondary N) is 1. The van der Waals surface area contributed by atoms with Gasteiger partial charge in [0.2, 0.25) is 0 Å². The predicted molar refractivity (Wildman–Crippen MR) is 107 cm³/mol. The Bertz CT molecular complexity index is 725. The second kappa shape index (κ2) is 9.11. The van der Waals surface area contributed by atoms with Crippen molar-refractivity contribution in [2.75, 3.05) is 14.1 Å². The lowest BCUT2D eigenvalue weighted by Gasteiger charge is -2.22. The fourth-order valence-corrected chi connectivity index (χ4v) is 2.77. The average molecular weight is 510 g/mol. The molecule has 0 aliphatic carbocycles. The number of carbonyl (C=O) groups is 1. The van der Waals surface area contributed by atoms with Gasteiger partial charge in [-0.2, -0.15) is 0 Å². The van der Waals surface area contributed by atoms with Gasteiger partial charge in [-0.15, -0.1) is 24.0 Å². The number of nitrogens with two attached hydrogens (primary N) is 1. The van der Waals surface area contributed by atoms with Crippen LogP contribution in [0.5, 0.6) is 0 Å². The van der Waals surface area contributed by atoms with Crippen molar-refractivity contribution in [3.05, 3.63) is 46.1 Å². The van der Waals surface area contributed by atoms with Crippen LogP contribution in [0, 0.1) is 0 Å². The van der Waals surface area contributed by atoms with Crippen molar-refractivity contribution in [3.63, 3.8) is 0 Å². The highest BCUT2D eigenvalue weighted by molar-refractivity contribution is 14.0. The maximum atomic E-state index is 11.0. The van der Waals surface area contributed by atoms with Crippen LogP contribution in [0.25, 0.3) is 0 Å². The zero-order chi connectivity index (χ0) is 17.0. The minimum Gasteiger partial charge on any atom is -0.454 e. The average Bonchev–Trinajstić information content (AvgIpc) is 3.07. The van der Waals surface area contributed by atoms with E-state index >= 15 is 0 Å². The Balaban J connectivity index is 0.00000288. The van der Waals surface area contributed by atoms with Crippen LogP contribution in [0.2, 0.25) is 0 Å².